The molecule has 0 saturated heterocycles. The van der Waals surface area contributed by atoms with Crippen molar-refractivity contribution in [2.45, 2.75) is 38.6 Å². The number of pyridine rings is 1. The minimum Gasteiger partial charge on any atom is -0.611 e. The number of aromatic nitrogens is 3. The molecule has 3 rings (SSSR count). The van der Waals surface area contributed by atoms with Crippen molar-refractivity contribution in [2.75, 3.05) is 11.5 Å². The molecule has 1 unspecified atom stereocenters. The fraction of sp³-hybridized carbons (Fsp3) is 0.333. The Morgan fingerprint density at radius 3 is 2.62 bits per heavy atom. The molecule has 26 heavy (non-hydrogen) atoms. The second-order valence-electron chi connectivity index (χ2n) is 6.19. The van der Waals surface area contributed by atoms with Gasteiger partial charge in [-0.25, -0.2) is 18.7 Å². The van der Waals surface area contributed by atoms with E-state index in [1.165, 1.54) is 6.07 Å². The molecule has 2 aromatic heterocycles. The number of nitrogen functional groups attached to an aromatic ring is 1. The van der Waals surface area contributed by atoms with Crippen LogP contribution in [0.2, 0.25) is 0 Å². The van der Waals surface area contributed by atoms with Gasteiger partial charge >= 0.3 is 0 Å². The lowest BCUT2D eigenvalue weighted by Crippen LogP contribution is -2.12. The third-order valence-electron chi connectivity index (χ3n) is 4.44. The fourth-order valence-corrected chi connectivity index (χ4v) is 4.12. The Bertz CT molecular complexity index is 974. The van der Waals surface area contributed by atoms with Crippen LogP contribution in [0, 0.1) is 32.4 Å². The molecule has 0 radical (unpaired) electrons. The fourth-order valence-electron chi connectivity index (χ4n) is 3.01. The van der Waals surface area contributed by atoms with Crippen LogP contribution in [0.4, 0.5) is 14.6 Å². The first-order valence-electron chi connectivity index (χ1n) is 8.22. The molecule has 0 aliphatic heterocycles. The summed E-state index contributed by atoms with van der Waals surface area (Å²) >= 11 is -1.53. The van der Waals surface area contributed by atoms with E-state index in [1.54, 1.807) is 0 Å². The highest BCUT2D eigenvalue weighted by Crippen LogP contribution is 2.26. The van der Waals surface area contributed by atoms with Crippen molar-refractivity contribution in [3.8, 4) is 0 Å². The predicted octanol–water partition coefficient (Wildman–Crippen LogP) is 3.41. The molecule has 0 spiro atoms. The summed E-state index contributed by atoms with van der Waals surface area (Å²) in [5.74, 6) is -0.0122. The molecule has 0 aliphatic rings. The molecule has 0 saturated carbocycles. The molecule has 2 heterocycles. The van der Waals surface area contributed by atoms with Crippen LogP contribution in [0.5, 0.6) is 0 Å². The van der Waals surface area contributed by atoms with Gasteiger partial charge in [0.05, 0.1) is 5.52 Å². The Hall–Kier alpha value is -2.19. The molecule has 0 fully saturated rings. The van der Waals surface area contributed by atoms with E-state index in [0.29, 0.717) is 24.3 Å². The normalized spacial score (nSPS) is 12.7. The maximum absolute atomic E-state index is 13.7. The summed E-state index contributed by atoms with van der Waals surface area (Å²) < 4.78 is 41.1. The number of aryl methyl sites for hydroxylation is 4. The zero-order valence-electron chi connectivity index (χ0n) is 14.8. The standard InChI is InChI=1S/C18H20F2N4OS/c1-10-11(2)22-18(21)16-17(10)24(12(3)23-16)7-4-8-26(25)15-6-5-13(19)9-14(15)20/h5-6,9H,4,7-8H2,1-3H3,(H2,21,22). The number of anilines is 1. The molecule has 1 atom stereocenters. The van der Waals surface area contributed by atoms with Crippen LogP contribution in [0.1, 0.15) is 23.5 Å². The van der Waals surface area contributed by atoms with Crippen molar-refractivity contribution in [3.63, 3.8) is 0 Å². The average Bonchev–Trinajstić information content (AvgIpc) is 2.90. The third-order valence-corrected chi connectivity index (χ3v) is 5.92. The summed E-state index contributed by atoms with van der Waals surface area (Å²) in [5.41, 5.74) is 9.41. The first kappa shape index (κ1) is 18.6. The van der Waals surface area contributed by atoms with Crippen LogP contribution in [-0.2, 0) is 17.7 Å². The molecule has 2 N–H and O–H groups in total. The Kier molecular flexibility index (Phi) is 5.15. The average molecular weight is 378 g/mol. The highest BCUT2D eigenvalue weighted by Gasteiger charge is 2.19. The summed E-state index contributed by atoms with van der Waals surface area (Å²) in [5, 5.41) is 0. The van der Waals surface area contributed by atoms with Crippen LogP contribution < -0.4 is 5.73 Å². The van der Waals surface area contributed by atoms with Crippen molar-refractivity contribution in [3.05, 3.63) is 46.9 Å². The Morgan fingerprint density at radius 2 is 1.92 bits per heavy atom. The van der Waals surface area contributed by atoms with Gasteiger partial charge in [0.25, 0.3) is 0 Å². The van der Waals surface area contributed by atoms with Crippen LogP contribution >= 0.6 is 0 Å². The van der Waals surface area contributed by atoms with Gasteiger partial charge in [0, 0.05) is 24.7 Å². The maximum atomic E-state index is 13.7. The van der Waals surface area contributed by atoms with E-state index in [-0.39, 0.29) is 10.6 Å². The highest BCUT2D eigenvalue weighted by molar-refractivity contribution is 7.91. The van der Waals surface area contributed by atoms with Crippen molar-refractivity contribution in [1.29, 1.82) is 0 Å². The minimum atomic E-state index is -1.53. The summed E-state index contributed by atoms with van der Waals surface area (Å²) in [6, 6.07) is 3.10. The number of nitrogens with two attached hydrogens (primary N) is 1. The number of nitrogens with zero attached hydrogens (tertiary/aromatic N) is 3. The summed E-state index contributed by atoms with van der Waals surface area (Å²) in [6.45, 7) is 6.31. The molecule has 138 valence electrons. The van der Waals surface area contributed by atoms with Crippen LogP contribution in [0.25, 0.3) is 11.0 Å². The smallest absolute Gasteiger partial charge is 0.188 e. The van der Waals surface area contributed by atoms with E-state index >= 15 is 0 Å². The van der Waals surface area contributed by atoms with E-state index in [1.807, 2.05) is 25.3 Å². The number of hydrogen-bond donors (Lipinski definition) is 1. The summed E-state index contributed by atoms with van der Waals surface area (Å²) in [4.78, 5) is 8.82. The van der Waals surface area contributed by atoms with Gasteiger partial charge in [-0.05, 0) is 49.6 Å². The van der Waals surface area contributed by atoms with E-state index in [9.17, 15) is 13.3 Å². The maximum Gasteiger partial charge on any atom is 0.188 e. The van der Waals surface area contributed by atoms with Gasteiger partial charge in [-0.2, -0.15) is 0 Å². The Morgan fingerprint density at radius 1 is 1.19 bits per heavy atom. The van der Waals surface area contributed by atoms with Crippen LogP contribution in [-0.4, -0.2) is 24.8 Å². The van der Waals surface area contributed by atoms with E-state index in [0.717, 1.165) is 34.7 Å². The SMILES string of the molecule is Cc1nc(N)c2nc(C)n(CCC[S+]([O-])c3ccc(F)cc3F)c2c1C. The third kappa shape index (κ3) is 3.39. The molecule has 3 aromatic rings. The van der Waals surface area contributed by atoms with E-state index in [4.69, 9.17) is 5.73 Å². The van der Waals surface area contributed by atoms with Crippen molar-refractivity contribution in [2.24, 2.45) is 0 Å². The predicted molar refractivity (Wildman–Crippen MR) is 98.4 cm³/mol. The first-order valence-corrected chi connectivity index (χ1v) is 9.54. The number of hydrogen-bond acceptors (Lipinski definition) is 4. The number of fused-ring (bicyclic) bond motifs is 1. The van der Waals surface area contributed by atoms with Crippen molar-refractivity contribution >= 4 is 28.0 Å². The molecule has 0 amide bonds. The minimum absolute atomic E-state index is 0.0269. The van der Waals surface area contributed by atoms with E-state index in [2.05, 4.69) is 9.97 Å². The molecule has 0 bridgehead atoms. The van der Waals surface area contributed by atoms with Gasteiger partial charge in [-0.3, -0.25) is 0 Å². The molecular weight excluding hydrogens is 358 g/mol. The number of rotatable bonds is 5. The monoisotopic (exact) mass is 378 g/mol. The zero-order chi connectivity index (χ0) is 19.0. The van der Waals surface area contributed by atoms with Crippen LogP contribution in [0.15, 0.2) is 23.1 Å². The first-order chi connectivity index (χ1) is 12.3. The Labute approximate surface area is 153 Å². The number of benzene rings is 1. The Balaban J connectivity index is 1.79. The lowest BCUT2D eigenvalue weighted by molar-refractivity contribution is 0.546. The van der Waals surface area contributed by atoms with Crippen molar-refractivity contribution in [1.82, 2.24) is 14.5 Å². The van der Waals surface area contributed by atoms with Gasteiger partial charge in [-0.1, -0.05) is 0 Å². The second kappa shape index (κ2) is 7.20. The van der Waals surface area contributed by atoms with Gasteiger partial charge in [0.2, 0.25) is 0 Å². The topological polar surface area (TPSA) is 79.8 Å². The molecule has 5 nitrogen and oxygen atoms in total. The largest absolute Gasteiger partial charge is 0.611 e. The molecular formula is C18H20F2N4OS. The van der Waals surface area contributed by atoms with Gasteiger partial charge < -0.3 is 14.9 Å². The lowest BCUT2D eigenvalue weighted by Gasteiger charge is -2.13. The zero-order valence-corrected chi connectivity index (χ0v) is 15.7. The van der Waals surface area contributed by atoms with Crippen molar-refractivity contribution < 1.29 is 13.3 Å². The quantitative estimate of drug-likeness (QED) is 0.690. The van der Waals surface area contributed by atoms with Crippen LogP contribution in [0.3, 0.4) is 0 Å². The summed E-state index contributed by atoms with van der Waals surface area (Å²) in [7, 11) is 0. The second-order valence-corrected chi connectivity index (χ2v) is 7.73. The molecule has 1 aromatic carbocycles. The summed E-state index contributed by atoms with van der Waals surface area (Å²) in [6.07, 6.45) is 0.552. The highest BCUT2D eigenvalue weighted by atomic mass is 32.2. The van der Waals surface area contributed by atoms with Gasteiger partial charge in [0.15, 0.2) is 16.5 Å². The number of imidazole rings is 1. The molecule has 0 aliphatic carbocycles. The van der Waals surface area contributed by atoms with E-state index < -0.39 is 22.8 Å². The van der Waals surface area contributed by atoms with Gasteiger partial charge in [0.1, 0.15) is 22.9 Å². The molecule has 8 heteroatoms. The lowest BCUT2D eigenvalue weighted by atomic mass is 10.2. The van der Waals surface area contributed by atoms with Gasteiger partial charge in [-0.15, -0.1) is 0 Å². The number of halogens is 2.